The van der Waals surface area contributed by atoms with Gasteiger partial charge in [-0.15, -0.1) is 0 Å². The molecule has 3 heteroatoms. The van der Waals surface area contributed by atoms with Crippen molar-refractivity contribution < 1.29 is 2.85 Å². The largest absolute Gasteiger partial charge is 0.383 e. The molecule has 1 radical (unpaired) electrons. The van der Waals surface area contributed by atoms with Gasteiger partial charge in [-0.3, -0.25) is 0 Å². The lowest BCUT2D eigenvalue weighted by molar-refractivity contribution is 0.232. The Morgan fingerprint density at radius 3 is 2.83 bits per heavy atom. The van der Waals surface area contributed by atoms with E-state index in [0.29, 0.717) is 0 Å². The molecular weight excluding hydrogens is 282 g/mol. The molecule has 127 valence electrons. The van der Waals surface area contributed by atoms with E-state index in [9.17, 15) is 0 Å². The van der Waals surface area contributed by atoms with Gasteiger partial charge in [0.15, 0.2) is 0 Å². The summed E-state index contributed by atoms with van der Waals surface area (Å²) in [6, 6.07) is 6.44. The Hall–Kier alpha value is -1.74. The highest BCUT2D eigenvalue weighted by Crippen LogP contribution is 2.25. The molecule has 0 amide bonds. The van der Waals surface area contributed by atoms with Gasteiger partial charge in [0, 0.05) is 38.2 Å². The number of likely N-dealkylation sites (tertiary alicyclic amines) is 1. The third-order valence-electron chi connectivity index (χ3n) is 4.98. The number of hydrogen-bond acceptors (Lipinski definition) is 2. The molecule has 1 aliphatic heterocycles. The number of aromatic amines is 1. The Kier molecular flexibility index (Phi) is 5.06. The summed E-state index contributed by atoms with van der Waals surface area (Å²) in [6.07, 6.45) is 5.09. The smallest absolute Gasteiger partial charge is 0.0459 e. The van der Waals surface area contributed by atoms with Crippen LogP contribution in [0.25, 0.3) is 16.6 Å². The van der Waals surface area contributed by atoms with Gasteiger partial charge in [-0.1, -0.05) is 19.4 Å². The number of aryl methyl sites for hydroxylation is 2. The van der Waals surface area contributed by atoms with Crippen molar-refractivity contribution in [2.24, 2.45) is 0 Å². The molecule has 2 heterocycles. The molecule has 1 aliphatic rings. The van der Waals surface area contributed by atoms with E-state index < -0.39 is 0 Å². The molecule has 0 unspecified atom stereocenters. The SMILES string of the molecule is [CH]=C(NCCN1CCCCC1)c1ccc2[nH]c(C)c(CC)c2c1.[HH].[HH]. The Balaban J connectivity index is 0.00000156. The summed E-state index contributed by atoms with van der Waals surface area (Å²) in [7, 11) is 0. The topological polar surface area (TPSA) is 31.1 Å². The lowest BCUT2D eigenvalue weighted by Crippen LogP contribution is -2.35. The number of H-pyrrole nitrogens is 1. The zero-order chi connectivity index (χ0) is 16.2. The van der Waals surface area contributed by atoms with Crippen molar-refractivity contribution in [2.45, 2.75) is 39.5 Å². The zero-order valence-electron chi connectivity index (χ0n) is 14.4. The van der Waals surface area contributed by atoms with Crippen molar-refractivity contribution in [3.63, 3.8) is 0 Å². The van der Waals surface area contributed by atoms with Gasteiger partial charge in [0.05, 0.1) is 0 Å². The lowest BCUT2D eigenvalue weighted by atomic mass is 10.0. The van der Waals surface area contributed by atoms with Gasteiger partial charge < -0.3 is 15.2 Å². The minimum Gasteiger partial charge on any atom is -0.383 e. The van der Waals surface area contributed by atoms with Gasteiger partial charge >= 0.3 is 0 Å². The van der Waals surface area contributed by atoms with Gasteiger partial charge in [-0.2, -0.15) is 0 Å². The van der Waals surface area contributed by atoms with Crippen molar-refractivity contribution in [3.05, 3.63) is 41.6 Å². The standard InChI is InChI=1S/C20H28N3.2H2/c1-4-18-16(3)22-20-9-8-17(14-19(18)20)15(2)21-10-13-23-11-6-5-7-12-23;;/h2,8-9,14,21-22H,4-7,10-13H2,1,3H3;2*1H. The summed E-state index contributed by atoms with van der Waals surface area (Å²) in [5.74, 6) is 0. The summed E-state index contributed by atoms with van der Waals surface area (Å²) >= 11 is 0. The van der Waals surface area contributed by atoms with Crippen LogP contribution in [0.2, 0.25) is 0 Å². The first-order valence-electron chi connectivity index (χ1n) is 8.89. The fourth-order valence-corrected chi connectivity index (χ4v) is 3.64. The third kappa shape index (κ3) is 3.61. The van der Waals surface area contributed by atoms with Crippen LogP contribution in [0.1, 0.15) is 45.9 Å². The molecule has 23 heavy (non-hydrogen) atoms. The van der Waals surface area contributed by atoms with Crippen LogP contribution in [-0.2, 0) is 6.42 Å². The van der Waals surface area contributed by atoms with Crippen LogP contribution in [0.4, 0.5) is 0 Å². The average molecular weight is 314 g/mol. The molecular formula is C20H32N3. The molecule has 0 atom stereocenters. The third-order valence-corrected chi connectivity index (χ3v) is 4.98. The maximum Gasteiger partial charge on any atom is 0.0459 e. The quantitative estimate of drug-likeness (QED) is 0.829. The van der Waals surface area contributed by atoms with Gasteiger partial charge in [-0.25, -0.2) is 0 Å². The van der Waals surface area contributed by atoms with Crippen LogP contribution in [0, 0.1) is 13.5 Å². The molecule has 0 bridgehead atoms. The van der Waals surface area contributed by atoms with E-state index in [2.05, 4.69) is 47.2 Å². The average Bonchev–Trinajstić information content (AvgIpc) is 2.89. The number of aromatic nitrogens is 1. The lowest BCUT2D eigenvalue weighted by Gasteiger charge is -2.26. The highest BCUT2D eigenvalue weighted by molar-refractivity contribution is 5.87. The van der Waals surface area contributed by atoms with E-state index in [0.717, 1.165) is 30.8 Å². The molecule has 3 nitrogen and oxygen atoms in total. The summed E-state index contributed by atoms with van der Waals surface area (Å²) in [4.78, 5) is 5.98. The number of benzene rings is 1. The maximum absolute atomic E-state index is 6.28. The van der Waals surface area contributed by atoms with Crippen LogP contribution >= 0.6 is 0 Å². The van der Waals surface area contributed by atoms with Crippen molar-refractivity contribution in [1.82, 2.24) is 15.2 Å². The predicted molar refractivity (Wildman–Crippen MR) is 103 cm³/mol. The summed E-state index contributed by atoms with van der Waals surface area (Å²) in [5.41, 5.74) is 5.72. The number of nitrogens with zero attached hydrogens (tertiary/aromatic N) is 1. The Morgan fingerprint density at radius 2 is 2.09 bits per heavy atom. The number of rotatable bonds is 6. The highest BCUT2D eigenvalue weighted by Gasteiger charge is 2.11. The van der Waals surface area contributed by atoms with E-state index in [-0.39, 0.29) is 2.85 Å². The molecule has 1 fully saturated rings. The summed E-state index contributed by atoms with van der Waals surface area (Å²) < 4.78 is 0. The Bertz CT molecular complexity index is 688. The normalized spacial score (nSPS) is 15.9. The monoisotopic (exact) mass is 314 g/mol. The second-order valence-electron chi connectivity index (χ2n) is 6.59. The van der Waals surface area contributed by atoms with E-state index >= 15 is 0 Å². The fourth-order valence-electron chi connectivity index (χ4n) is 3.64. The van der Waals surface area contributed by atoms with Crippen molar-refractivity contribution in [1.29, 1.82) is 0 Å². The fraction of sp³-hybridized carbons (Fsp3) is 0.500. The van der Waals surface area contributed by atoms with Crippen molar-refractivity contribution >= 4 is 16.6 Å². The van der Waals surface area contributed by atoms with Crippen LogP contribution in [0.15, 0.2) is 18.2 Å². The Morgan fingerprint density at radius 1 is 1.30 bits per heavy atom. The van der Waals surface area contributed by atoms with Gasteiger partial charge in [0.25, 0.3) is 0 Å². The maximum atomic E-state index is 6.28. The van der Waals surface area contributed by atoms with E-state index in [1.54, 1.807) is 0 Å². The van der Waals surface area contributed by atoms with Gasteiger partial charge in [-0.05, 0) is 69.1 Å². The predicted octanol–water partition coefficient (Wildman–Crippen LogP) is 4.38. The Labute approximate surface area is 142 Å². The van der Waals surface area contributed by atoms with Crippen LogP contribution in [-0.4, -0.2) is 36.1 Å². The first-order chi connectivity index (χ1) is 11.2. The molecule has 3 rings (SSSR count). The van der Waals surface area contributed by atoms with Gasteiger partial charge in [0.1, 0.15) is 0 Å². The number of nitrogens with one attached hydrogen (secondary N) is 2. The minimum absolute atomic E-state index is 0. The van der Waals surface area contributed by atoms with E-state index in [4.69, 9.17) is 6.58 Å². The molecule has 0 aliphatic carbocycles. The van der Waals surface area contributed by atoms with E-state index in [1.807, 2.05) is 0 Å². The molecule has 1 saturated heterocycles. The molecule has 2 aromatic rings. The highest BCUT2D eigenvalue weighted by atomic mass is 15.1. The zero-order valence-corrected chi connectivity index (χ0v) is 14.4. The summed E-state index contributed by atoms with van der Waals surface area (Å²) in [5, 5.41) is 4.69. The van der Waals surface area contributed by atoms with Crippen molar-refractivity contribution in [3.8, 4) is 0 Å². The number of piperidine rings is 1. The number of fused-ring (bicyclic) bond motifs is 1. The molecule has 1 aromatic carbocycles. The minimum atomic E-state index is 0. The van der Waals surface area contributed by atoms with Crippen molar-refractivity contribution in [2.75, 3.05) is 26.2 Å². The van der Waals surface area contributed by atoms with E-state index in [1.165, 1.54) is 54.5 Å². The second-order valence-corrected chi connectivity index (χ2v) is 6.59. The summed E-state index contributed by atoms with van der Waals surface area (Å²) in [6.45, 7) is 15.1. The van der Waals surface area contributed by atoms with Crippen LogP contribution in [0.3, 0.4) is 0 Å². The molecule has 1 aromatic heterocycles. The number of hydrogen-bond donors (Lipinski definition) is 2. The molecule has 0 spiro atoms. The van der Waals surface area contributed by atoms with Gasteiger partial charge in [0.2, 0.25) is 0 Å². The van der Waals surface area contributed by atoms with Crippen LogP contribution in [0.5, 0.6) is 0 Å². The molecule has 2 N–H and O–H groups in total. The second kappa shape index (κ2) is 7.22. The first-order valence-corrected chi connectivity index (χ1v) is 8.89. The first kappa shape index (κ1) is 16.1. The molecule has 0 saturated carbocycles. The van der Waals surface area contributed by atoms with Crippen LogP contribution < -0.4 is 5.32 Å².